The van der Waals surface area contributed by atoms with Gasteiger partial charge >= 0.3 is 0 Å². The molecule has 17 heavy (non-hydrogen) atoms. The number of hydrogen-bond acceptors (Lipinski definition) is 2. The Balaban J connectivity index is 2.50. The van der Waals surface area contributed by atoms with Crippen molar-refractivity contribution >= 4 is 5.69 Å². The summed E-state index contributed by atoms with van der Waals surface area (Å²) < 4.78 is 0. The molecule has 0 fully saturated rings. The maximum atomic E-state index is 9.27. The van der Waals surface area contributed by atoms with Gasteiger partial charge in [-0.25, -0.2) is 0 Å². The lowest BCUT2D eigenvalue weighted by Gasteiger charge is -2.47. The van der Waals surface area contributed by atoms with Gasteiger partial charge in [0.2, 0.25) is 0 Å². The standard InChI is InChI=1S/C15H23NO/c1-11-5-6-13-12(2)10-15(3,4)16(7-8-17)14(13)9-11/h5-6,9,12,17H,7-8,10H2,1-4H3/t12-/m0/s1. The van der Waals surface area contributed by atoms with Crippen LogP contribution in [0.1, 0.15) is 44.2 Å². The summed E-state index contributed by atoms with van der Waals surface area (Å²) in [5.74, 6) is 0.593. The molecule has 0 radical (unpaired) electrons. The molecule has 1 aromatic rings. The summed E-state index contributed by atoms with van der Waals surface area (Å²) in [4.78, 5) is 2.36. The van der Waals surface area contributed by atoms with E-state index in [0.717, 1.165) is 13.0 Å². The van der Waals surface area contributed by atoms with E-state index >= 15 is 0 Å². The second-order valence-corrected chi connectivity index (χ2v) is 5.86. The fraction of sp³-hybridized carbons (Fsp3) is 0.600. The first-order valence-corrected chi connectivity index (χ1v) is 6.45. The van der Waals surface area contributed by atoms with Crippen LogP contribution in [-0.4, -0.2) is 23.8 Å². The van der Waals surface area contributed by atoms with E-state index in [1.807, 2.05) is 0 Å². The fourth-order valence-corrected chi connectivity index (χ4v) is 3.12. The van der Waals surface area contributed by atoms with E-state index in [1.54, 1.807) is 0 Å². The minimum absolute atomic E-state index is 0.128. The summed E-state index contributed by atoms with van der Waals surface area (Å²) in [7, 11) is 0. The quantitative estimate of drug-likeness (QED) is 0.848. The summed E-state index contributed by atoms with van der Waals surface area (Å²) in [6.45, 7) is 9.89. The fourth-order valence-electron chi connectivity index (χ4n) is 3.12. The van der Waals surface area contributed by atoms with Crippen LogP contribution in [0.25, 0.3) is 0 Å². The van der Waals surface area contributed by atoms with Crippen LogP contribution in [-0.2, 0) is 0 Å². The van der Waals surface area contributed by atoms with E-state index < -0.39 is 0 Å². The summed E-state index contributed by atoms with van der Waals surface area (Å²) >= 11 is 0. The van der Waals surface area contributed by atoms with Gasteiger partial charge in [-0.1, -0.05) is 19.1 Å². The maximum absolute atomic E-state index is 9.27. The van der Waals surface area contributed by atoms with Crippen LogP contribution in [0.4, 0.5) is 5.69 Å². The molecule has 1 atom stereocenters. The zero-order valence-corrected chi connectivity index (χ0v) is 11.3. The van der Waals surface area contributed by atoms with Gasteiger partial charge in [0.25, 0.3) is 0 Å². The first-order chi connectivity index (χ1) is 7.95. The minimum atomic E-state index is 0.128. The van der Waals surface area contributed by atoms with Gasteiger partial charge in [0.05, 0.1) is 6.61 Å². The number of β-amino-alcohol motifs (C(OH)–C–C–N with tert-alkyl or cyclic N) is 1. The Morgan fingerprint density at radius 2 is 2.12 bits per heavy atom. The number of rotatable bonds is 2. The van der Waals surface area contributed by atoms with Crippen molar-refractivity contribution in [3.05, 3.63) is 29.3 Å². The van der Waals surface area contributed by atoms with Crippen molar-refractivity contribution in [3.63, 3.8) is 0 Å². The smallest absolute Gasteiger partial charge is 0.0606 e. The summed E-state index contributed by atoms with van der Waals surface area (Å²) in [6, 6.07) is 6.68. The van der Waals surface area contributed by atoms with Crippen LogP contribution < -0.4 is 4.90 Å². The third-order valence-corrected chi connectivity index (χ3v) is 3.87. The summed E-state index contributed by atoms with van der Waals surface area (Å²) in [5.41, 5.74) is 4.14. The van der Waals surface area contributed by atoms with Crippen molar-refractivity contribution in [1.29, 1.82) is 0 Å². The maximum Gasteiger partial charge on any atom is 0.0606 e. The van der Waals surface area contributed by atoms with E-state index in [1.165, 1.54) is 16.8 Å². The molecule has 94 valence electrons. The normalized spacial score (nSPS) is 22.4. The SMILES string of the molecule is Cc1ccc2c(c1)N(CCO)C(C)(C)C[C@@H]2C. The minimum Gasteiger partial charge on any atom is -0.395 e. The van der Waals surface area contributed by atoms with Gasteiger partial charge in [-0.05, 0) is 50.3 Å². The molecule has 0 saturated carbocycles. The van der Waals surface area contributed by atoms with Gasteiger partial charge in [-0.2, -0.15) is 0 Å². The molecule has 0 saturated heterocycles. The van der Waals surface area contributed by atoms with Gasteiger partial charge in [0.15, 0.2) is 0 Å². The Kier molecular flexibility index (Phi) is 3.17. The van der Waals surface area contributed by atoms with Crippen molar-refractivity contribution in [1.82, 2.24) is 0 Å². The average molecular weight is 233 g/mol. The van der Waals surface area contributed by atoms with E-state index in [-0.39, 0.29) is 12.1 Å². The highest BCUT2D eigenvalue weighted by Crippen LogP contribution is 2.43. The second kappa shape index (κ2) is 4.34. The van der Waals surface area contributed by atoms with E-state index in [0.29, 0.717) is 5.92 Å². The average Bonchev–Trinajstić information content (AvgIpc) is 2.23. The Bertz CT molecular complexity index is 411. The lowest BCUT2D eigenvalue weighted by Crippen LogP contribution is -2.49. The van der Waals surface area contributed by atoms with Gasteiger partial charge < -0.3 is 10.0 Å². The van der Waals surface area contributed by atoms with Crippen molar-refractivity contribution in [2.45, 2.75) is 45.6 Å². The third-order valence-electron chi connectivity index (χ3n) is 3.87. The van der Waals surface area contributed by atoms with Gasteiger partial charge in [0.1, 0.15) is 0 Å². The van der Waals surface area contributed by atoms with Crippen LogP contribution in [0.3, 0.4) is 0 Å². The molecular formula is C15H23NO. The number of aliphatic hydroxyl groups excluding tert-OH is 1. The van der Waals surface area contributed by atoms with Gasteiger partial charge in [-0.15, -0.1) is 0 Å². The van der Waals surface area contributed by atoms with Crippen molar-refractivity contribution < 1.29 is 5.11 Å². The van der Waals surface area contributed by atoms with Crippen LogP contribution in [0.2, 0.25) is 0 Å². The molecule has 1 N–H and O–H groups in total. The third kappa shape index (κ3) is 2.19. The summed E-state index contributed by atoms with van der Waals surface area (Å²) in [6.07, 6.45) is 1.14. The molecule has 0 spiro atoms. The van der Waals surface area contributed by atoms with Crippen LogP contribution in [0.5, 0.6) is 0 Å². The number of hydrogen-bond donors (Lipinski definition) is 1. The van der Waals surface area contributed by atoms with Crippen molar-refractivity contribution in [2.24, 2.45) is 0 Å². The molecule has 1 aromatic carbocycles. The Labute approximate surface area is 104 Å². The number of aliphatic hydroxyl groups is 1. The largest absolute Gasteiger partial charge is 0.395 e. The van der Waals surface area contributed by atoms with Crippen LogP contribution in [0.15, 0.2) is 18.2 Å². The van der Waals surface area contributed by atoms with E-state index in [4.69, 9.17) is 0 Å². The molecule has 1 heterocycles. The predicted molar refractivity (Wildman–Crippen MR) is 72.7 cm³/mol. The highest BCUT2D eigenvalue weighted by Gasteiger charge is 2.35. The zero-order chi connectivity index (χ0) is 12.6. The van der Waals surface area contributed by atoms with Crippen LogP contribution in [0, 0.1) is 6.92 Å². The number of anilines is 1. The number of nitrogens with zero attached hydrogens (tertiary/aromatic N) is 1. The molecule has 0 bridgehead atoms. The second-order valence-electron chi connectivity index (χ2n) is 5.86. The van der Waals surface area contributed by atoms with Crippen LogP contribution >= 0.6 is 0 Å². The molecule has 1 aliphatic heterocycles. The molecular weight excluding hydrogens is 210 g/mol. The van der Waals surface area contributed by atoms with Gasteiger partial charge in [-0.3, -0.25) is 0 Å². The molecule has 2 nitrogen and oxygen atoms in total. The molecule has 0 unspecified atom stereocenters. The monoisotopic (exact) mass is 233 g/mol. The van der Waals surface area contributed by atoms with Crippen molar-refractivity contribution in [2.75, 3.05) is 18.1 Å². The first-order valence-electron chi connectivity index (χ1n) is 6.45. The topological polar surface area (TPSA) is 23.5 Å². The molecule has 0 amide bonds. The van der Waals surface area contributed by atoms with E-state index in [9.17, 15) is 5.11 Å². The van der Waals surface area contributed by atoms with E-state index in [2.05, 4.69) is 50.8 Å². The number of aryl methyl sites for hydroxylation is 1. The molecule has 0 aromatic heterocycles. The number of benzene rings is 1. The first kappa shape index (κ1) is 12.4. The van der Waals surface area contributed by atoms with Gasteiger partial charge in [0, 0.05) is 17.8 Å². The molecule has 2 heteroatoms. The Morgan fingerprint density at radius 1 is 1.41 bits per heavy atom. The zero-order valence-electron chi connectivity index (χ0n) is 11.3. The molecule has 0 aliphatic carbocycles. The Hall–Kier alpha value is -1.02. The Morgan fingerprint density at radius 3 is 2.76 bits per heavy atom. The van der Waals surface area contributed by atoms with Crippen molar-refractivity contribution in [3.8, 4) is 0 Å². The lowest BCUT2D eigenvalue weighted by molar-refractivity contribution is 0.277. The predicted octanol–water partition coefficient (Wildman–Crippen LogP) is 3.08. The molecule has 1 aliphatic rings. The highest BCUT2D eigenvalue weighted by atomic mass is 16.3. The highest BCUT2D eigenvalue weighted by molar-refractivity contribution is 5.60. The lowest BCUT2D eigenvalue weighted by atomic mass is 9.80. The summed E-state index contributed by atoms with van der Waals surface area (Å²) in [5, 5.41) is 9.27. The number of fused-ring (bicyclic) bond motifs is 1. The molecule has 2 rings (SSSR count).